The second-order valence-electron chi connectivity index (χ2n) is 6.00. The molecule has 0 aliphatic carbocycles. The molecule has 5 nitrogen and oxygen atoms in total. The summed E-state index contributed by atoms with van der Waals surface area (Å²) in [4.78, 5) is 13.8. The van der Waals surface area contributed by atoms with Crippen LogP contribution in [0.4, 0.5) is 4.79 Å². The second-order valence-corrected chi connectivity index (χ2v) is 6.00. The first-order chi connectivity index (χ1) is 8.87. The van der Waals surface area contributed by atoms with E-state index in [0.717, 1.165) is 19.4 Å². The third-order valence-corrected chi connectivity index (χ3v) is 3.27. The van der Waals surface area contributed by atoms with Crippen molar-refractivity contribution in [3.8, 4) is 0 Å². The number of rotatable bonds is 4. The fourth-order valence-electron chi connectivity index (χ4n) is 2.27. The number of ether oxygens (including phenoxy) is 3. The first-order valence-electron chi connectivity index (χ1n) is 6.95. The molecule has 0 aromatic rings. The van der Waals surface area contributed by atoms with E-state index in [-0.39, 0.29) is 19.0 Å². The maximum atomic E-state index is 12.0. The van der Waals surface area contributed by atoms with Gasteiger partial charge in [0, 0.05) is 13.7 Å². The smallest absolute Gasteiger partial charge is 0.410 e. The Labute approximate surface area is 116 Å². The SMILES string of the molecule is CC[C@H]1CCN(C(=O)OC(C)(C)C)C[C@@H]1OCOC. The Morgan fingerprint density at radius 3 is 2.58 bits per heavy atom. The Balaban J connectivity index is 2.56. The van der Waals surface area contributed by atoms with Crippen molar-refractivity contribution in [3.05, 3.63) is 0 Å². The predicted octanol–water partition coefficient (Wildman–Crippen LogP) is 2.64. The van der Waals surface area contributed by atoms with Crippen molar-refractivity contribution in [2.24, 2.45) is 5.92 Å². The molecule has 5 heteroatoms. The first-order valence-corrected chi connectivity index (χ1v) is 6.95. The van der Waals surface area contributed by atoms with Crippen LogP contribution in [0.2, 0.25) is 0 Å². The van der Waals surface area contributed by atoms with E-state index in [0.29, 0.717) is 12.5 Å². The number of nitrogens with zero attached hydrogens (tertiary/aromatic N) is 1. The summed E-state index contributed by atoms with van der Waals surface area (Å²) in [6.07, 6.45) is 1.78. The van der Waals surface area contributed by atoms with Gasteiger partial charge in [-0.05, 0) is 33.1 Å². The van der Waals surface area contributed by atoms with Crippen LogP contribution in [0.1, 0.15) is 40.5 Å². The molecule has 2 atom stereocenters. The molecule has 0 radical (unpaired) electrons. The van der Waals surface area contributed by atoms with E-state index in [9.17, 15) is 4.79 Å². The molecular formula is C14H27NO4. The molecule has 0 N–H and O–H groups in total. The molecule has 0 aromatic heterocycles. The number of methoxy groups -OCH3 is 1. The summed E-state index contributed by atoms with van der Waals surface area (Å²) in [6, 6.07) is 0. The molecular weight excluding hydrogens is 246 g/mol. The summed E-state index contributed by atoms with van der Waals surface area (Å²) in [5.74, 6) is 0.480. The van der Waals surface area contributed by atoms with Crippen LogP contribution >= 0.6 is 0 Å². The van der Waals surface area contributed by atoms with E-state index >= 15 is 0 Å². The van der Waals surface area contributed by atoms with E-state index < -0.39 is 5.60 Å². The highest BCUT2D eigenvalue weighted by Gasteiger charge is 2.33. The maximum Gasteiger partial charge on any atom is 0.410 e. The van der Waals surface area contributed by atoms with Crippen molar-refractivity contribution in [3.63, 3.8) is 0 Å². The minimum Gasteiger partial charge on any atom is -0.444 e. The van der Waals surface area contributed by atoms with Crippen molar-refractivity contribution in [1.82, 2.24) is 4.90 Å². The number of piperidine rings is 1. The molecule has 0 unspecified atom stereocenters. The summed E-state index contributed by atoms with van der Waals surface area (Å²) in [7, 11) is 1.61. The van der Waals surface area contributed by atoms with Gasteiger partial charge in [0.25, 0.3) is 0 Å². The van der Waals surface area contributed by atoms with Crippen LogP contribution in [0.15, 0.2) is 0 Å². The van der Waals surface area contributed by atoms with E-state index in [2.05, 4.69) is 6.92 Å². The van der Waals surface area contributed by atoms with Gasteiger partial charge in [0.15, 0.2) is 0 Å². The molecule has 1 heterocycles. The lowest BCUT2D eigenvalue weighted by atomic mass is 9.91. The van der Waals surface area contributed by atoms with Crippen molar-refractivity contribution in [2.75, 3.05) is 27.0 Å². The lowest BCUT2D eigenvalue weighted by Crippen LogP contribution is -2.49. The van der Waals surface area contributed by atoms with Crippen molar-refractivity contribution in [2.45, 2.75) is 52.2 Å². The number of hydrogen-bond acceptors (Lipinski definition) is 4. The van der Waals surface area contributed by atoms with Gasteiger partial charge in [-0.25, -0.2) is 4.79 Å². The monoisotopic (exact) mass is 273 g/mol. The number of carbonyl (C=O) groups is 1. The fraction of sp³-hybridized carbons (Fsp3) is 0.929. The van der Waals surface area contributed by atoms with Gasteiger partial charge in [-0.15, -0.1) is 0 Å². The van der Waals surface area contributed by atoms with E-state index in [1.54, 1.807) is 12.0 Å². The zero-order valence-corrected chi connectivity index (χ0v) is 12.8. The molecule has 1 fully saturated rings. The first kappa shape index (κ1) is 16.2. The predicted molar refractivity (Wildman–Crippen MR) is 73.0 cm³/mol. The Kier molecular flexibility index (Phi) is 6.07. The summed E-state index contributed by atoms with van der Waals surface area (Å²) in [5, 5.41) is 0. The number of amides is 1. The molecule has 0 bridgehead atoms. The Hall–Kier alpha value is -0.810. The van der Waals surface area contributed by atoms with Gasteiger partial charge >= 0.3 is 6.09 Å². The average Bonchev–Trinajstić information content (AvgIpc) is 2.33. The zero-order valence-electron chi connectivity index (χ0n) is 12.8. The topological polar surface area (TPSA) is 48.0 Å². The Bertz CT molecular complexity index is 288. The van der Waals surface area contributed by atoms with Crippen molar-refractivity contribution in [1.29, 1.82) is 0 Å². The molecule has 1 aliphatic rings. The van der Waals surface area contributed by atoms with Gasteiger partial charge in [-0.2, -0.15) is 0 Å². The maximum absolute atomic E-state index is 12.0. The molecule has 0 aromatic carbocycles. The van der Waals surface area contributed by atoms with Gasteiger partial charge in [-0.3, -0.25) is 0 Å². The van der Waals surface area contributed by atoms with E-state index in [4.69, 9.17) is 14.2 Å². The standard InChI is InChI=1S/C14H27NO4/c1-6-11-7-8-15(9-12(11)18-10-17-5)13(16)19-14(2,3)4/h11-12H,6-10H2,1-5H3/t11-,12-/m0/s1. The minimum absolute atomic E-state index is 0.0335. The van der Waals surface area contributed by atoms with Crippen LogP contribution in [0.5, 0.6) is 0 Å². The molecule has 1 aliphatic heterocycles. The normalized spacial score (nSPS) is 24.4. The van der Waals surface area contributed by atoms with Crippen LogP contribution in [-0.4, -0.2) is 49.7 Å². The molecule has 1 saturated heterocycles. The van der Waals surface area contributed by atoms with Gasteiger partial charge in [0.1, 0.15) is 12.4 Å². The molecule has 19 heavy (non-hydrogen) atoms. The highest BCUT2D eigenvalue weighted by atomic mass is 16.7. The fourth-order valence-corrected chi connectivity index (χ4v) is 2.27. The largest absolute Gasteiger partial charge is 0.444 e. The van der Waals surface area contributed by atoms with E-state index in [1.165, 1.54) is 0 Å². The second kappa shape index (κ2) is 7.10. The number of carbonyl (C=O) groups excluding carboxylic acids is 1. The van der Waals surface area contributed by atoms with Crippen LogP contribution < -0.4 is 0 Å². The summed E-state index contributed by atoms with van der Waals surface area (Å²) in [6.45, 7) is 9.37. The lowest BCUT2D eigenvalue weighted by Gasteiger charge is -2.38. The highest BCUT2D eigenvalue weighted by Crippen LogP contribution is 2.24. The number of hydrogen-bond donors (Lipinski definition) is 0. The van der Waals surface area contributed by atoms with Crippen LogP contribution in [-0.2, 0) is 14.2 Å². The summed E-state index contributed by atoms with van der Waals surface area (Å²) >= 11 is 0. The van der Waals surface area contributed by atoms with Gasteiger partial charge < -0.3 is 19.1 Å². The number of likely N-dealkylation sites (tertiary alicyclic amines) is 1. The summed E-state index contributed by atoms with van der Waals surface area (Å²) in [5.41, 5.74) is -0.457. The van der Waals surface area contributed by atoms with Gasteiger partial charge in [-0.1, -0.05) is 13.3 Å². The molecule has 112 valence electrons. The minimum atomic E-state index is -0.457. The Morgan fingerprint density at radius 2 is 2.05 bits per heavy atom. The highest BCUT2D eigenvalue weighted by molar-refractivity contribution is 5.68. The molecule has 1 rings (SSSR count). The molecule has 1 amide bonds. The van der Waals surface area contributed by atoms with Crippen LogP contribution in [0, 0.1) is 5.92 Å². The quantitative estimate of drug-likeness (QED) is 0.739. The zero-order chi connectivity index (χ0) is 14.5. The van der Waals surface area contributed by atoms with Gasteiger partial charge in [0.2, 0.25) is 0 Å². The Morgan fingerprint density at radius 1 is 1.37 bits per heavy atom. The molecule has 0 saturated carbocycles. The molecule has 0 spiro atoms. The van der Waals surface area contributed by atoms with Gasteiger partial charge in [0.05, 0.1) is 12.6 Å². The van der Waals surface area contributed by atoms with Crippen molar-refractivity contribution < 1.29 is 19.0 Å². The lowest BCUT2D eigenvalue weighted by molar-refractivity contribution is -0.113. The summed E-state index contributed by atoms with van der Waals surface area (Å²) < 4.78 is 16.0. The third-order valence-electron chi connectivity index (χ3n) is 3.27. The van der Waals surface area contributed by atoms with E-state index in [1.807, 2.05) is 20.8 Å². The van der Waals surface area contributed by atoms with Crippen molar-refractivity contribution >= 4 is 6.09 Å². The van der Waals surface area contributed by atoms with Crippen LogP contribution in [0.3, 0.4) is 0 Å². The van der Waals surface area contributed by atoms with Crippen LogP contribution in [0.25, 0.3) is 0 Å². The third kappa shape index (κ3) is 5.37. The average molecular weight is 273 g/mol.